The Kier molecular flexibility index (Phi) is 6.57. The lowest BCUT2D eigenvalue weighted by atomic mass is 9.96. The van der Waals surface area contributed by atoms with E-state index in [-0.39, 0.29) is 18.7 Å². The monoisotopic (exact) mass is 509 g/mol. The van der Waals surface area contributed by atoms with Crippen LogP contribution in [0.1, 0.15) is 51.8 Å². The Balaban J connectivity index is 1.29. The number of aromatic nitrogens is 2. The molecule has 0 spiro atoms. The van der Waals surface area contributed by atoms with Gasteiger partial charge in [-0.05, 0) is 79.8 Å². The van der Waals surface area contributed by atoms with E-state index in [4.69, 9.17) is 15.2 Å². The second-order valence-corrected chi connectivity index (χ2v) is 9.90. The Labute approximate surface area is 221 Å². The molecule has 0 radical (unpaired) electrons. The number of amides is 1. The third-order valence-corrected chi connectivity index (χ3v) is 6.98. The van der Waals surface area contributed by atoms with Crippen molar-refractivity contribution in [1.82, 2.24) is 15.1 Å². The van der Waals surface area contributed by atoms with Crippen LogP contribution in [0.4, 0.5) is 5.69 Å². The fraction of sp³-hybridized carbons (Fsp3) is 0.267. The number of rotatable bonds is 9. The molecule has 1 aromatic heterocycles. The van der Waals surface area contributed by atoms with Crippen LogP contribution in [0, 0.1) is 12.8 Å². The number of nitrogens with one attached hydrogen (secondary N) is 2. The molecule has 8 heteroatoms. The molecule has 1 fully saturated rings. The van der Waals surface area contributed by atoms with Crippen LogP contribution in [0.2, 0.25) is 0 Å². The molecule has 4 N–H and O–H groups in total. The summed E-state index contributed by atoms with van der Waals surface area (Å²) in [6.45, 7) is 3.44. The molecule has 0 saturated heterocycles. The van der Waals surface area contributed by atoms with Crippen LogP contribution in [-0.2, 0) is 6.54 Å². The first-order valence-electron chi connectivity index (χ1n) is 13.0. The van der Waals surface area contributed by atoms with Crippen molar-refractivity contribution in [2.75, 3.05) is 18.7 Å². The highest BCUT2D eigenvalue weighted by Gasteiger charge is 2.28. The van der Waals surface area contributed by atoms with Crippen LogP contribution in [0.3, 0.4) is 0 Å². The molecule has 1 atom stereocenters. The highest BCUT2D eigenvalue weighted by molar-refractivity contribution is 6.03. The van der Waals surface area contributed by atoms with Crippen molar-refractivity contribution in [3.8, 4) is 17.2 Å². The van der Waals surface area contributed by atoms with E-state index < -0.39 is 0 Å². The maximum Gasteiger partial charge on any atom is 0.274 e. The number of nitrogens with two attached hydrogens (primary N) is 1. The fourth-order valence-corrected chi connectivity index (χ4v) is 4.86. The van der Waals surface area contributed by atoms with Crippen molar-refractivity contribution in [3.63, 3.8) is 0 Å². The van der Waals surface area contributed by atoms with Crippen LogP contribution in [-0.4, -0.2) is 29.0 Å². The van der Waals surface area contributed by atoms with Crippen molar-refractivity contribution < 1.29 is 14.3 Å². The highest BCUT2D eigenvalue weighted by Crippen LogP contribution is 2.41. The Morgan fingerprint density at radius 2 is 1.92 bits per heavy atom. The van der Waals surface area contributed by atoms with Crippen molar-refractivity contribution >= 4 is 11.6 Å². The number of carbonyl (C=O) groups is 1. The minimum atomic E-state index is -0.235. The van der Waals surface area contributed by atoms with Crippen molar-refractivity contribution in [3.05, 3.63) is 101 Å². The number of benzene rings is 3. The summed E-state index contributed by atoms with van der Waals surface area (Å²) < 4.78 is 13.1. The zero-order valence-corrected chi connectivity index (χ0v) is 21.3. The summed E-state index contributed by atoms with van der Waals surface area (Å²) >= 11 is 0. The first-order chi connectivity index (χ1) is 18.6. The molecule has 1 unspecified atom stereocenters. The van der Waals surface area contributed by atoms with Gasteiger partial charge in [-0.25, -0.2) is 4.68 Å². The van der Waals surface area contributed by atoms with E-state index >= 15 is 0 Å². The molecule has 6 rings (SSSR count). The smallest absolute Gasteiger partial charge is 0.274 e. The molecule has 1 amide bonds. The van der Waals surface area contributed by atoms with Gasteiger partial charge in [0, 0.05) is 17.8 Å². The van der Waals surface area contributed by atoms with E-state index in [1.807, 2.05) is 61.5 Å². The molecular weight excluding hydrogens is 478 g/mol. The lowest BCUT2D eigenvalue weighted by molar-refractivity contribution is 0.101. The number of fused-ring (bicyclic) bond motifs is 1. The van der Waals surface area contributed by atoms with E-state index in [2.05, 4.69) is 27.9 Å². The molecule has 194 valence electrons. The number of nitrogens with zero attached hydrogens (tertiary/aromatic N) is 2. The van der Waals surface area contributed by atoms with Gasteiger partial charge < -0.3 is 25.8 Å². The van der Waals surface area contributed by atoms with E-state index in [0.29, 0.717) is 23.8 Å². The topological polar surface area (TPSA) is 103 Å². The van der Waals surface area contributed by atoms with Crippen molar-refractivity contribution in [2.24, 2.45) is 11.7 Å². The predicted molar refractivity (Wildman–Crippen MR) is 146 cm³/mol. The molecule has 4 aromatic rings. The number of hydrogen-bond acceptors (Lipinski definition) is 6. The number of aryl methyl sites for hydroxylation is 1. The summed E-state index contributed by atoms with van der Waals surface area (Å²) in [6, 6.07) is 23.4. The third kappa shape index (κ3) is 5.01. The standard InChI is InChI=1S/C30H31N5O3/c1-19-13-26(35(34-19)24-8-2-5-21(14-24)16-31)30(36)33-23-7-3-6-22(15-23)28(32-17-20-11-12-20)25-9-4-10-27-29(25)38-18-37-27/h2-10,13-15,20,28,32H,11-12,16-18,31H2,1H3,(H,33,36). The van der Waals surface area contributed by atoms with Crippen LogP contribution in [0.25, 0.3) is 5.69 Å². The number of hydrogen-bond donors (Lipinski definition) is 3. The maximum atomic E-state index is 13.5. The first kappa shape index (κ1) is 24.2. The second kappa shape index (κ2) is 10.3. The minimum absolute atomic E-state index is 0.101. The van der Waals surface area contributed by atoms with E-state index in [1.54, 1.807) is 10.7 Å². The zero-order valence-electron chi connectivity index (χ0n) is 21.3. The van der Waals surface area contributed by atoms with E-state index in [9.17, 15) is 4.79 Å². The Bertz CT molecular complexity index is 1480. The predicted octanol–water partition coefficient (Wildman–Crippen LogP) is 4.71. The van der Waals surface area contributed by atoms with Crippen molar-refractivity contribution in [1.29, 1.82) is 0 Å². The zero-order chi connectivity index (χ0) is 26.1. The van der Waals surface area contributed by atoms with Crippen LogP contribution in [0.5, 0.6) is 11.5 Å². The number of ether oxygens (including phenoxy) is 2. The molecule has 38 heavy (non-hydrogen) atoms. The lowest BCUT2D eigenvalue weighted by Gasteiger charge is -2.22. The van der Waals surface area contributed by atoms with Gasteiger partial charge in [-0.15, -0.1) is 0 Å². The largest absolute Gasteiger partial charge is 0.454 e. The molecule has 0 bridgehead atoms. The molecule has 3 aromatic carbocycles. The van der Waals surface area contributed by atoms with Gasteiger partial charge in [0.25, 0.3) is 5.91 Å². The van der Waals surface area contributed by atoms with Crippen LogP contribution < -0.4 is 25.8 Å². The van der Waals surface area contributed by atoms with Crippen molar-refractivity contribution in [2.45, 2.75) is 32.4 Å². The average molecular weight is 510 g/mol. The van der Waals surface area contributed by atoms with Crippen LogP contribution in [0.15, 0.2) is 72.8 Å². The lowest BCUT2D eigenvalue weighted by Crippen LogP contribution is -2.25. The number of para-hydroxylation sites is 1. The normalized spacial score (nSPS) is 14.9. The molecule has 1 saturated carbocycles. The second-order valence-electron chi connectivity index (χ2n) is 9.90. The Morgan fingerprint density at radius 3 is 2.76 bits per heavy atom. The molecular formula is C30H31N5O3. The molecule has 2 aliphatic rings. The maximum absolute atomic E-state index is 13.5. The number of anilines is 1. The summed E-state index contributed by atoms with van der Waals surface area (Å²) in [5.41, 5.74) is 11.6. The fourth-order valence-electron chi connectivity index (χ4n) is 4.86. The van der Waals surface area contributed by atoms with Gasteiger partial charge >= 0.3 is 0 Å². The van der Waals surface area contributed by atoms with Gasteiger partial charge in [-0.1, -0.05) is 36.4 Å². The van der Waals surface area contributed by atoms with Gasteiger partial charge in [0.05, 0.1) is 17.4 Å². The molecule has 2 heterocycles. The quantitative estimate of drug-likeness (QED) is 0.302. The van der Waals surface area contributed by atoms with E-state index in [1.165, 1.54) is 12.8 Å². The van der Waals surface area contributed by atoms with Gasteiger partial charge in [0.2, 0.25) is 6.79 Å². The first-order valence-corrected chi connectivity index (χ1v) is 13.0. The summed E-state index contributed by atoms with van der Waals surface area (Å²) in [5.74, 6) is 2.00. The Hall–Kier alpha value is -4.14. The molecule has 1 aliphatic heterocycles. The van der Waals surface area contributed by atoms with Crippen LogP contribution >= 0.6 is 0 Å². The SMILES string of the molecule is Cc1cc(C(=O)Nc2cccc(C(NCC3CC3)c3cccc4c3OCO4)c2)n(-c2cccc(CN)c2)n1. The summed E-state index contributed by atoms with van der Waals surface area (Å²) in [4.78, 5) is 13.5. The summed E-state index contributed by atoms with van der Waals surface area (Å²) in [6.07, 6.45) is 2.51. The van der Waals surface area contributed by atoms with Gasteiger partial charge in [-0.3, -0.25) is 4.79 Å². The third-order valence-electron chi connectivity index (χ3n) is 6.98. The van der Waals surface area contributed by atoms with Gasteiger partial charge in [0.15, 0.2) is 11.5 Å². The molecule has 8 nitrogen and oxygen atoms in total. The molecule has 1 aliphatic carbocycles. The Morgan fingerprint density at radius 1 is 1.08 bits per heavy atom. The van der Waals surface area contributed by atoms with Gasteiger partial charge in [0.1, 0.15) is 5.69 Å². The average Bonchev–Trinajstić information content (AvgIpc) is 3.48. The van der Waals surface area contributed by atoms with E-state index in [0.717, 1.165) is 46.1 Å². The number of carbonyl (C=O) groups excluding carboxylic acids is 1. The highest BCUT2D eigenvalue weighted by atomic mass is 16.7. The minimum Gasteiger partial charge on any atom is -0.454 e. The van der Waals surface area contributed by atoms with Gasteiger partial charge in [-0.2, -0.15) is 5.10 Å². The summed E-state index contributed by atoms with van der Waals surface area (Å²) in [5, 5.41) is 11.4. The summed E-state index contributed by atoms with van der Waals surface area (Å²) in [7, 11) is 0.